The number of nitrogens with zero attached hydrogens (tertiary/aromatic N) is 6. The number of anilines is 2. The molecule has 1 aromatic carbocycles. The number of aryl methyl sites for hydroxylation is 1. The molecule has 0 saturated carbocycles. The molecule has 2 fully saturated rings. The van der Waals surface area contributed by atoms with Crippen LogP contribution in [0.3, 0.4) is 0 Å². The van der Waals surface area contributed by atoms with E-state index in [0.29, 0.717) is 39.9 Å². The second-order valence-corrected chi connectivity index (χ2v) is 12.9. The van der Waals surface area contributed by atoms with Crippen molar-refractivity contribution < 1.29 is 25.9 Å². The van der Waals surface area contributed by atoms with Gasteiger partial charge < -0.3 is 0 Å². The first kappa shape index (κ1) is 22.3. The second kappa shape index (κ2) is 9.49. The van der Waals surface area contributed by atoms with Gasteiger partial charge in [-0.15, -0.1) is 0 Å². The molecule has 8 nitrogen and oxygen atoms in total. The van der Waals surface area contributed by atoms with E-state index in [0.717, 1.165) is 56.2 Å². The topological polar surface area (TPSA) is 73.4 Å². The zero-order valence-electron chi connectivity index (χ0n) is 20.1. The van der Waals surface area contributed by atoms with Gasteiger partial charge in [-0.25, -0.2) is 0 Å². The van der Waals surface area contributed by atoms with Crippen LogP contribution in [0.4, 0.5) is 11.5 Å². The number of alkyl halides is 2. The maximum absolute atomic E-state index is 6.26. The Kier molecular flexibility index (Phi) is 6.23. The van der Waals surface area contributed by atoms with E-state index in [1.165, 1.54) is 43.9 Å². The Balaban J connectivity index is 1.33. The number of aromatic amines is 1. The Labute approximate surface area is 211 Å². The summed E-state index contributed by atoms with van der Waals surface area (Å²) in [5.74, 6) is 1.13. The molecule has 5 heterocycles. The Hall–Kier alpha value is -2.14. The van der Waals surface area contributed by atoms with Gasteiger partial charge in [0.1, 0.15) is 0 Å². The monoisotopic (exact) mass is 574 g/mol. The number of hydrogen-bond donors (Lipinski definition) is 1. The fourth-order valence-electron chi connectivity index (χ4n) is 5.54. The molecule has 0 amide bonds. The van der Waals surface area contributed by atoms with E-state index in [2.05, 4.69) is 51.0 Å². The van der Waals surface area contributed by atoms with Crippen molar-refractivity contribution in [2.75, 3.05) is 58.5 Å². The SMILES string of the molecule is Cc1ccc2[nH]ncc2c1N1CCc2c(nc(OC[C@@H]3CCCN3C)nc2N2CC[I-]CC2)C1. The van der Waals surface area contributed by atoms with Gasteiger partial charge >= 0.3 is 212 Å². The van der Waals surface area contributed by atoms with Crippen LogP contribution in [0.15, 0.2) is 18.3 Å². The van der Waals surface area contributed by atoms with Gasteiger partial charge in [-0.3, -0.25) is 0 Å². The summed E-state index contributed by atoms with van der Waals surface area (Å²) in [4.78, 5) is 17.3. The van der Waals surface area contributed by atoms with Crippen LogP contribution in [-0.2, 0) is 13.0 Å². The van der Waals surface area contributed by atoms with Gasteiger partial charge in [-0.2, -0.15) is 0 Å². The van der Waals surface area contributed by atoms with Crippen molar-refractivity contribution in [1.82, 2.24) is 25.1 Å². The number of H-pyrrole nitrogens is 1. The predicted octanol–water partition coefficient (Wildman–Crippen LogP) is -0.394. The van der Waals surface area contributed by atoms with Gasteiger partial charge in [-0.1, -0.05) is 0 Å². The molecule has 3 aromatic rings. The first-order valence-electron chi connectivity index (χ1n) is 12.4. The zero-order chi connectivity index (χ0) is 23.1. The molecule has 1 atom stereocenters. The summed E-state index contributed by atoms with van der Waals surface area (Å²) in [7, 11) is 2.19. The van der Waals surface area contributed by atoms with Crippen molar-refractivity contribution in [3.63, 3.8) is 0 Å². The van der Waals surface area contributed by atoms with Crippen LogP contribution in [0.25, 0.3) is 10.9 Å². The summed E-state index contributed by atoms with van der Waals surface area (Å²) in [6.07, 6.45) is 5.33. The summed E-state index contributed by atoms with van der Waals surface area (Å²) in [5, 5.41) is 8.60. The molecule has 2 aromatic heterocycles. The number of fused-ring (bicyclic) bond motifs is 2. The fraction of sp³-hybridized carbons (Fsp3) is 0.560. The Morgan fingerprint density at radius 1 is 1.12 bits per heavy atom. The van der Waals surface area contributed by atoms with Gasteiger partial charge in [0.05, 0.1) is 0 Å². The van der Waals surface area contributed by atoms with E-state index >= 15 is 0 Å². The Morgan fingerprint density at radius 2 is 2.00 bits per heavy atom. The predicted molar refractivity (Wildman–Crippen MR) is 131 cm³/mol. The van der Waals surface area contributed by atoms with E-state index in [-0.39, 0.29) is 0 Å². The third-order valence-corrected chi connectivity index (χ3v) is 9.98. The van der Waals surface area contributed by atoms with Crippen molar-refractivity contribution in [3.8, 4) is 6.01 Å². The number of hydrogen-bond acceptors (Lipinski definition) is 7. The average Bonchev–Trinajstić information content (AvgIpc) is 3.51. The third-order valence-electron chi connectivity index (χ3n) is 7.49. The summed E-state index contributed by atoms with van der Waals surface area (Å²) >= 11 is 0.363. The molecule has 1 N–H and O–H groups in total. The number of likely N-dealkylation sites (tertiary alicyclic amines) is 1. The Morgan fingerprint density at radius 3 is 2.82 bits per heavy atom. The number of nitrogens with one attached hydrogen (secondary N) is 1. The fourth-order valence-corrected chi connectivity index (χ4v) is 7.93. The molecular weight excluding hydrogens is 541 g/mol. The number of aromatic nitrogens is 4. The van der Waals surface area contributed by atoms with Crippen molar-refractivity contribution in [1.29, 1.82) is 0 Å². The zero-order valence-corrected chi connectivity index (χ0v) is 22.2. The van der Waals surface area contributed by atoms with Crippen LogP contribution in [0.1, 0.15) is 29.7 Å². The molecule has 0 aliphatic carbocycles. The van der Waals surface area contributed by atoms with Crippen molar-refractivity contribution in [3.05, 3.63) is 35.2 Å². The molecule has 3 aliphatic heterocycles. The molecule has 182 valence electrons. The number of ether oxygens (including phenoxy) is 1. The van der Waals surface area contributed by atoms with E-state index in [9.17, 15) is 0 Å². The second-order valence-electron chi connectivity index (χ2n) is 9.63. The van der Waals surface area contributed by atoms with Gasteiger partial charge in [-0.05, 0) is 0 Å². The molecular formula is C25H33IN7O-. The van der Waals surface area contributed by atoms with Crippen LogP contribution in [0, 0.1) is 6.92 Å². The molecule has 9 heteroatoms. The number of rotatable bonds is 5. The summed E-state index contributed by atoms with van der Waals surface area (Å²) in [6.45, 7) is 7.98. The van der Waals surface area contributed by atoms with Crippen LogP contribution >= 0.6 is 0 Å². The van der Waals surface area contributed by atoms with Gasteiger partial charge in [0, 0.05) is 0 Å². The Bertz CT molecular complexity index is 1180. The summed E-state index contributed by atoms with van der Waals surface area (Å²) in [5.41, 5.74) is 6.04. The minimum absolute atomic E-state index is 0.363. The minimum atomic E-state index is 0.363. The van der Waals surface area contributed by atoms with E-state index in [1.54, 1.807) is 0 Å². The van der Waals surface area contributed by atoms with Crippen LogP contribution in [-0.4, -0.2) is 79.8 Å². The van der Waals surface area contributed by atoms with E-state index < -0.39 is 0 Å². The molecule has 6 rings (SSSR count). The van der Waals surface area contributed by atoms with E-state index in [4.69, 9.17) is 14.7 Å². The van der Waals surface area contributed by atoms with Crippen molar-refractivity contribution in [2.24, 2.45) is 0 Å². The quantitative estimate of drug-likeness (QED) is 0.329. The molecule has 0 spiro atoms. The molecule has 34 heavy (non-hydrogen) atoms. The molecule has 0 radical (unpaired) electrons. The maximum atomic E-state index is 6.26. The third kappa shape index (κ3) is 4.21. The van der Waals surface area contributed by atoms with Gasteiger partial charge in [0.25, 0.3) is 0 Å². The molecule has 2 saturated heterocycles. The standard InChI is InChI=1S/C25H33IN7O/c1-17-5-6-21-20(14-27-30-21)23(17)33-11-7-19-22(15-33)28-25(34-16-18-4-3-10-31(18)2)29-24(19)32-12-8-26-9-13-32/h5-6,14,18H,3-4,7-13,15-16H2,1-2H3,(H,27,30)/q-1/t18-/m0/s1. The van der Waals surface area contributed by atoms with Crippen LogP contribution in [0.5, 0.6) is 6.01 Å². The average molecular weight is 574 g/mol. The van der Waals surface area contributed by atoms with Crippen LogP contribution < -0.4 is 35.7 Å². The number of benzene rings is 1. The normalized spacial score (nSPS) is 21.5. The van der Waals surface area contributed by atoms with Crippen LogP contribution in [0.2, 0.25) is 0 Å². The number of likely N-dealkylation sites (N-methyl/N-ethyl adjacent to an activating group) is 1. The first-order chi connectivity index (χ1) is 16.7. The van der Waals surface area contributed by atoms with E-state index in [1.807, 2.05) is 6.20 Å². The van der Waals surface area contributed by atoms with Crippen molar-refractivity contribution in [2.45, 2.75) is 38.8 Å². The summed E-state index contributed by atoms with van der Waals surface area (Å²) in [6, 6.07) is 5.31. The van der Waals surface area contributed by atoms with Gasteiger partial charge in [0.15, 0.2) is 0 Å². The molecule has 0 unspecified atom stereocenters. The summed E-state index contributed by atoms with van der Waals surface area (Å²) < 4.78 is 8.95. The van der Waals surface area contributed by atoms with Gasteiger partial charge in [0.2, 0.25) is 0 Å². The molecule has 0 bridgehead atoms. The molecule has 3 aliphatic rings. The first-order valence-corrected chi connectivity index (χ1v) is 15.4. The van der Waals surface area contributed by atoms with Crippen molar-refractivity contribution >= 4 is 22.4 Å². The number of halogens is 1.